The molecule has 1 N–H and O–H groups in total. The van der Waals surface area contributed by atoms with Crippen LogP contribution < -0.4 is 4.89 Å². The minimum atomic E-state index is -4.57. The van der Waals surface area contributed by atoms with Gasteiger partial charge in [-0.1, -0.05) is 126 Å². The van der Waals surface area contributed by atoms with Crippen LogP contribution in [0.4, 0.5) is 0 Å². The molecule has 0 bridgehead atoms. The SMILES string of the molecule is CCCCCC/C=C\CCCCCCCC/C=C/OC[C@H](COP(=O)([O-])OCC[N+](C)(C)C)OC(=O)CCC/C=C\C/C=C\C/C=C\C/C=C\CC(O)CCC. The summed E-state index contributed by atoms with van der Waals surface area (Å²) < 4.78 is 34.2. The van der Waals surface area contributed by atoms with Gasteiger partial charge < -0.3 is 33.0 Å². The van der Waals surface area contributed by atoms with E-state index in [0.717, 1.165) is 57.8 Å². The van der Waals surface area contributed by atoms with Crippen LogP contribution in [-0.2, 0) is 27.9 Å². The number of allylic oxidation sites excluding steroid dienone is 10. The molecule has 0 rings (SSSR count). The highest BCUT2D eigenvalue weighted by molar-refractivity contribution is 7.45. The van der Waals surface area contributed by atoms with Crippen molar-refractivity contribution in [2.24, 2.45) is 0 Å². The lowest BCUT2D eigenvalue weighted by Gasteiger charge is -2.28. The predicted octanol–water partition coefficient (Wildman–Crippen LogP) is 11.4. The summed E-state index contributed by atoms with van der Waals surface area (Å²) >= 11 is 0. The molecule has 56 heavy (non-hydrogen) atoms. The average Bonchev–Trinajstić information content (AvgIpc) is 3.14. The highest BCUT2D eigenvalue weighted by Gasteiger charge is 2.20. The summed E-state index contributed by atoms with van der Waals surface area (Å²) in [6.07, 6.45) is 46.5. The molecule has 0 heterocycles. The van der Waals surface area contributed by atoms with E-state index in [0.29, 0.717) is 17.4 Å². The van der Waals surface area contributed by atoms with Gasteiger partial charge in [0.15, 0.2) is 6.10 Å². The van der Waals surface area contributed by atoms with Crippen molar-refractivity contribution >= 4 is 13.8 Å². The van der Waals surface area contributed by atoms with Gasteiger partial charge in [0.1, 0.15) is 19.8 Å². The zero-order valence-electron chi connectivity index (χ0n) is 36.2. The first-order chi connectivity index (χ1) is 27.0. The number of quaternary nitrogens is 1. The van der Waals surface area contributed by atoms with Gasteiger partial charge in [0, 0.05) is 6.42 Å². The number of hydrogen-bond donors (Lipinski definition) is 1. The molecule has 0 saturated carbocycles. The average molecular weight is 808 g/mol. The third-order valence-corrected chi connectivity index (χ3v) is 9.81. The van der Waals surface area contributed by atoms with E-state index in [1.807, 2.05) is 33.3 Å². The van der Waals surface area contributed by atoms with Crippen LogP contribution in [0.5, 0.6) is 0 Å². The maximum absolute atomic E-state index is 12.6. The highest BCUT2D eigenvalue weighted by Crippen LogP contribution is 2.38. The molecule has 0 aromatic carbocycles. The first-order valence-electron chi connectivity index (χ1n) is 21.8. The Labute approximate surface area is 343 Å². The fraction of sp³-hybridized carbons (Fsp3) is 0.717. The fourth-order valence-electron chi connectivity index (χ4n) is 5.45. The fourth-order valence-corrected chi connectivity index (χ4v) is 6.18. The van der Waals surface area contributed by atoms with E-state index in [2.05, 4.69) is 68.5 Å². The number of carbonyl (C=O) groups excluding carboxylic acids is 1. The molecule has 0 aromatic rings. The number of aliphatic hydroxyl groups is 1. The van der Waals surface area contributed by atoms with E-state index in [9.17, 15) is 19.4 Å². The van der Waals surface area contributed by atoms with E-state index < -0.39 is 19.9 Å². The van der Waals surface area contributed by atoms with Crippen LogP contribution in [0.15, 0.2) is 73.1 Å². The van der Waals surface area contributed by atoms with Gasteiger partial charge >= 0.3 is 5.97 Å². The number of rotatable bonds is 39. The van der Waals surface area contributed by atoms with Crippen molar-refractivity contribution in [2.75, 3.05) is 47.5 Å². The number of aliphatic hydroxyl groups excluding tert-OH is 1. The number of carbonyl (C=O) groups is 1. The van der Waals surface area contributed by atoms with Gasteiger partial charge in [-0.3, -0.25) is 9.36 Å². The molecule has 0 spiro atoms. The second-order valence-corrected chi connectivity index (χ2v) is 17.0. The summed E-state index contributed by atoms with van der Waals surface area (Å²) in [4.78, 5) is 25.0. The van der Waals surface area contributed by atoms with Crippen molar-refractivity contribution < 1.29 is 42.4 Å². The normalized spacial score (nSPS) is 15.0. The molecule has 0 fully saturated rings. The molecule has 324 valence electrons. The van der Waals surface area contributed by atoms with E-state index in [4.69, 9.17) is 18.5 Å². The summed E-state index contributed by atoms with van der Waals surface area (Å²) in [5.41, 5.74) is 0. The Balaban J connectivity index is 4.44. The first kappa shape index (κ1) is 53.7. The van der Waals surface area contributed by atoms with E-state index in [1.54, 1.807) is 6.26 Å². The molecule has 0 aliphatic rings. The number of phosphoric acid groups is 1. The van der Waals surface area contributed by atoms with Crippen LogP contribution in [0.3, 0.4) is 0 Å². The van der Waals surface area contributed by atoms with Crippen LogP contribution in [0.1, 0.15) is 155 Å². The Kier molecular flexibility index (Phi) is 36.7. The molecule has 0 aliphatic heterocycles. The lowest BCUT2D eigenvalue weighted by atomic mass is 10.1. The van der Waals surface area contributed by atoms with Crippen molar-refractivity contribution in [3.05, 3.63) is 73.1 Å². The summed E-state index contributed by atoms with van der Waals surface area (Å²) in [7, 11) is 1.25. The minimum Gasteiger partial charge on any atom is -0.756 e. The largest absolute Gasteiger partial charge is 0.756 e. The van der Waals surface area contributed by atoms with Crippen LogP contribution in [-0.4, -0.2) is 75.3 Å². The molecule has 0 amide bonds. The van der Waals surface area contributed by atoms with Gasteiger partial charge in [-0.15, -0.1) is 0 Å². The zero-order chi connectivity index (χ0) is 41.4. The Morgan fingerprint density at radius 3 is 1.77 bits per heavy atom. The third kappa shape index (κ3) is 41.4. The van der Waals surface area contributed by atoms with Gasteiger partial charge in [0.2, 0.25) is 0 Å². The number of esters is 1. The molecule has 0 radical (unpaired) electrons. The Hall–Kier alpha value is -2.26. The molecule has 0 aromatic heterocycles. The van der Waals surface area contributed by atoms with Crippen molar-refractivity contribution in [2.45, 2.75) is 167 Å². The van der Waals surface area contributed by atoms with Crippen LogP contribution >= 0.6 is 7.82 Å². The molecule has 2 unspecified atom stereocenters. The molecule has 0 aliphatic carbocycles. The van der Waals surface area contributed by atoms with Crippen molar-refractivity contribution in [3.8, 4) is 0 Å². The topological polar surface area (TPSA) is 114 Å². The highest BCUT2D eigenvalue weighted by atomic mass is 31.2. The van der Waals surface area contributed by atoms with Crippen LogP contribution in [0, 0.1) is 0 Å². The lowest BCUT2D eigenvalue weighted by Crippen LogP contribution is -2.37. The number of nitrogens with zero attached hydrogens (tertiary/aromatic N) is 1. The van der Waals surface area contributed by atoms with Gasteiger partial charge in [0.05, 0.1) is 40.1 Å². The van der Waals surface area contributed by atoms with Crippen LogP contribution in [0.2, 0.25) is 0 Å². The van der Waals surface area contributed by atoms with E-state index >= 15 is 0 Å². The number of hydrogen-bond acceptors (Lipinski definition) is 8. The molecule has 0 saturated heterocycles. The second kappa shape index (κ2) is 38.3. The van der Waals surface area contributed by atoms with Gasteiger partial charge in [-0.05, 0) is 89.5 Å². The summed E-state index contributed by atoms with van der Waals surface area (Å²) in [6.45, 7) is 4.42. The second-order valence-electron chi connectivity index (χ2n) is 15.6. The Morgan fingerprint density at radius 1 is 0.661 bits per heavy atom. The Bertz CT molecular complexity index is 1140. The standard InChI is InChI=1S/C46H82NO8P/c1-6-8-9-10-11-12-13-14-15-16-20-23-26-29-32-35-40-52-42-45(43-54-56(50,51)53-41-39-47(3,4)5)55-46(49)38-34-31-28-25-22-19-17-18-21-24-27-30-33-37-44(48)36-7-2/h12-13,17,19,21,24-25,28,30,33,35,40,44-45,48H,6-11,14-16,18,20,22-23,26-27,29,31-32,34,36-39,41-43H2,1-5H3/b13-12-,19-17-,24-21-,28-25-,33-30-,40-35+/t44?,45-/m1/s1. The molecular formula is C46H82NO8P. The van der Waals surface area contributed by atoms with Crippen molar-refractivity contribution in [3.63, 3.8) is 0 Å². The maximum Gasteiger partial charge on any atom is 0.306 e. The van der Waals surface area contributed by atoms with E-state index in [-0.39, 0.29) is 32.3 Å². The molecule has 9 nitrogen and oxygen atoms in total. The first-order valence-corrected chi connectivity index (χ1v) is 23.2. The number of phosphoric ester groups is 1. The molecule has 10 heteroatoms. The maximum atomic E-state index is 12.6. The predicted molar refractivity (Wildman–Crippen MR) is 232 cm³/mol. The smallest absolute Gasteiger partial charge is 0.306 e. The summed E-state index contributed by atoms with van der Waals surface area (Å²) in [5.74, 6) is -0.427. The monoisotopic (exact) mass is 808 g/mol. The minimum absolute atomic E-state index is 0.00488. The lowest BCUT2D eigenvalue weighted by molar-refractivity contribution is -0.870. The van der Waals surface area contributed by atoms with Crippen LogP contribution in [0.25, 0.3) is 0 Å². The number of unbranched alkanes of at least 4 members (excludes halogenated alkanes) is 12. The molecular weight excluding hydrogens is 725 g/mol. The number of likely N-dealkylation sites (N-methyl/N-ethyl adjacent to an activating group) is 1. The summed E-state index contributed by atoms with van der Waals surface area (Å²) in [6, 6.07) is 0. The number of ether oxygens (including phenoxy) is 2. The summed E-state index contributed by atoms with van der Waals surface area (Å²) in [5, 5.41) is 9.74. The van der Waals surface area contributed by atoms with Gasteiger partial charge in [0.25, 0.3) is 7.82 Å². The van der Waals surface area contributed by atoms with Gasteiger partial charge in [-0.2, -0.15) is 0 Å². The zero-order valence-corrected chi connectivity index (χ0v) is 37.1. The van der Waals surface area contributed by atoms with Gasteiger partial charge in [-0.25, -0.2) is 0 Å². The Morgan fingerprint density at radius 2 is 1.18 bits per heavy atom. The van der Waals surface area contributed by atoms with Crippen molar-refractivity contribution in [1.82, 2.24) is 0 Å². The third-order valence-electron chi connectivity index (χ3n) is 8.85. The van der Waals surface area contributed by atoms with E-state index in [1.165, 1.54) is 70.6 Å². The molecule has 3 atom stereocenters. The van der Waals surface area contributed by atoms with Crippen molar-refractivity contribution in [1.29, 1.82) is 0 Å². The quantitative estimate of drug-likeness (QED) is 0.0163.